The minimum atomic E-state index is -0.459. The first-order chi connectivity index (χ1) is 5.09. The third-order valence-electron chi connectivity index (χ3n) is 1.28. The number of alkyl halides is 1. The first-order valence-electron chi connectivity index (χ1n) is 3.60. The van der Waals surface area contributed by atoms with Crippen LogP contribution in [0.15, 0.2) is 11.4 Å². The molecule has 0 aliphatic rings. The number of allylic oxidation sites excluding steroid dienone is 1. The van der Waals surface area contributed by atoms with E-state index >= 15 is 0 Å². The molecule has 0 saturated heterocycles. The normalized spacial score (nSPS) is 12.8. The van der Waals surface area contributed by atoms with Crippen molar-refractivity contribution in [2.75, 3.05) is 12.5 Å². The molecule has 1 atom stereocenters. The Kier molecular flexibility index (Phi) is 5.51. The molecule has 66 valence electrons. The molecule has 1 unspecified atom stereocenters. The zero-order valence-corrected chi connectivity index (χ0v) is 7.91. The number of ether oxygens (including phenoxy) is 1. The lowest BCUT2D eigenvalue weighted by atomic mass is 10.2. The van der Waals surface area contributed by atoms with Crippen molar-refractivity contribution in [1.29, 1.82) is 0 Å². The van der Waals surface area contributed by atoms with Crippen molar-refractivity contribution in [2.45, 2.75) is 26.9 Å². The summed E-state index contributed by atoms with van der Waals surface area (Å²) in [7, 11) is 0. The Morgan fingerprint density at radius 3 is 2.45 bits per heavy atom. The van der Waals surface area contributed by atoms with E-state index in [1.54, 1.807) is 20.8 Å². The first-order valence-corrected chi connectivity index (χ1v) is 4.13. The van der Waals surface area contributed by atoms with Crippen molar-refractivity contribution in [3.63, 3.8) is 0 Å². The van der Waals surface area contributed by atoms with Gasteiger partial charge in [-0.15, -0.1) is 11.6 Å². The Hall–Kier alpha value is -0.0800. The molecule has 0 spiro atoms. The second-order valence-electron chi connectivity index (χ2n) is 2.55. The van der Waals surface area contributed by atoms with Gasteiger partial charge in [0.2, 0.25) is 0 Å². The Balaban J connectivity index is 3.83. The molecule has 0 aromatic carbocycles. The topological polar surface area (TPSA) is 9.23 Å². The van der Waals surface area contributed by atoms with E-state index in [2.05, 4.69) is 0 Å². The molecule has 3 heteroatoms. The van der Waals surface area contributed by atoms with Crippen LogP contribution >= 0.6 is 11.6 Å². The second kappa shape index (κ2) is 5.56. The van der Waals surface area contributed by atoms with Crippen molar-refractivity contribution in [3.05, 3.63) is 11.4 Å². The molecule has 0 aromatic heterocycles. The van der Waals surface area contributed by atoms with Crippen LogP contribution in [0.25, 0.3) is 0 Å². The van der Waals surface area contributed by atoms with Crippen molar-refractivity contribution in [2.24, 2.45) is 0 Å². The third-order valence-corrected chi connectivity index (χ3v) is 1.43. The Bertz CT molecular complexity index is 141. The fraction of sp³-hybridized carbons (Fsp3) is 0.750. The Morgan fingerprint density at radius 2 is 2.09 bits per heavy atom. The molecule has 0 rings (SSSR count). The van der Waals surface area contributed by atoms with Crippen LogP contribution in [0, 0.1) is 0 Å². The second-order valence-corrected chi connectivity index (χ2v) is 2.93. The van der Waals surface area contributed by atoms with Gasteiger partial charge < -0.3 is 4.74 Å². The van der Waals surface area contributed by atoms with Crippen LogP contribution in [0.3, 0.4) is 0 Å². The van der Waals surface area contributed by atoms with Crippen LogP contribution in [0.2, 0.25) is 0 Å². The van der Waals surface area contributed by atoms with E-state index in [0.717, 1.165) is 0 Å². The van der Waals surface area contributed by atoms with Gasteiger partial charge in [0.25, 0.3) is 0 Å². The van der Waals surface area contributed by atoms with Crippen LogP contribution < -0.4 is 0 Å². The van der Waals surface area contributed by atoms with Gasteiger partial charge in [0.05, 0.1) is 6.61 Å². The minimum Gasteiger partial charge on any atom is -0.370 e. The SMILES string of the molecule is CC(C)=C(F)C(C)OCCCl. The lowest BCUT2D eigenvalue weighted by Crippen LogP contribution is -2.11. The summed E-state index contributed by atoms with van der Waals surface area (Å²) >= 11 is 5.37. The van der Waals surface area contributed by atoms with E-state index in [4.69, 9.17) is 16.3 Å². The molecular weight excluding hydrogens is 167 g/mol. The van der Waals surface area contributed by atoms with Gasteiger partial charge in [-0.25, -0.2) is 4.39 Å². The van der Waals surface area contributed by atoms with Gasteiger partial charge >= 0.3 is 0 Å². The molecule has 0 aromatic rings. The largest absolute Gasteiger partial charge is 0.370 e. The molecule has 0 aliphatic heterocycles. The lowest BCUT2D eigenvalue weighted by Gasteiger charge is -2.10. The average molecular weight is 181 g/mol. The molecule has 0 bridgehead atoms. The summed E-state index contributed by atoms with van der Waals surface area (Å²) in [6.07, 6.45) is -0.459. The van der Waals surface area contributed by atoms with Crippen LogP contribution in [-0.4, -0.2) is 18.6 Å². The number of halogens is 2. The summed E-state index contributed by atoms with van der Waals surface area (Å²) in [6.45, 7) is 5.50. The summed E-state index contributed by atoms with van der Waals surface area (Å²) in [6, 6.07) is 0. The van der Waals surface area contributed by atoms with Crippen LogP contribution in [0.1, 0.15) is 20.8 Å². The van der Waals surface area contributed by atoms with Crippen molar-refractivity contribution in [1.82, 2.24) is 0 Å². The van der Waals surface area contributed by atoms with Gasteiger partial charge in [0, 0.05) is 5.88 Å². The first kappa shape index (κ1) is 10.9. The quantitative estimate of drug-likeness (QED) is 0.605. The molecule has 0 saturated carbocycles. The van der Waals surface area contributed by atoms with Crippen molar-refractivity contribution in [3.8, 4) is 0 Å². The highest BCUT2D eigenvalue weighted by Crippen LogP contribution is 2.12. The number of hydrogen-bond acceptors (Lipinski definition) is 1. The average Bonchev–Trinajstić information content (AvgIpc) is 1.98. The monoisotopic (exact) mass is 180 g/mol. The van der Waals surface area contributed by atoms with Gasteiger partial charge in [0.1, 0.15) is 11.9 Å². The molecule has 0 radical (unpaired) electrons. The van der Waals surface area contributed by atoms with Gasteiger partial charge in [-0.2, -0.15) is 0 Å². The zero-order chi connectivity index (χ0) is 8.85. The number of hydrogen-bond donors (Lipinski definition) is 0. The summed E-state index contributed by atoms with van der Waals surface area (Å²) in [5.74, 6) is 0.204. The maximum atomic E-state index is 13.0. The highest BCUT2D eigenvalue weighted by Gasteiger charge is 2.08. The van der Waals surface area contributed by atoms with Crippen LogP contribution in [-0.2, 0) is 4.74 Å². The van der Waals surface area contributed by atoms with Gasteiger partial charge in [0.15, 0.2) is 0 Å². The van der Waals surface area contributed by atoms with E-state index in [9.17, 15) is 4.39 Å². The molecule has 0 aliphatic carbocycles. The van der Waals surface area contributed by atoms with Crippen LogP contribution in [0.4, 0.5) is 4.39 Å². The summed E-state index contributed by atoms with van der Waals surface area (Å²) in [5.41, 5.74) is 0.659. The maximum absolute atomic E-state index is 13.0. The summed E-state index contributed by atoms with van der Waals surface area (Å²) < 4.78 is 18.0. The fourth-order valence-corrected chi connectivity index (χ4v) is 0.790. The smallest absolute Gasteiger partial charge is 0.127 e. The van der Waals surface area contributed by atoms with E-state index in [0.29, 0.717) is 18.1 Å². The zero-order valence-electron chi connectivity index (χ0n) is 7.16. The number of rotatable bonds is 4. The van der Waals surface area contributed by atoms with Gasteiger partial charge in [-0.05, 0) is 26.3 Å². The Labute approximate surface area is 72.2 Å². The highest BCUT2D eigenvalue weighted by atomic mass is 35.5. The molecule has 11 heavy (non-hydrogen) atoms. The molecule has 0 amide bonds. The lowest BCUT2D eigenvalue weighted by molar-refractivity contribution is 0.0858. The fourth-order valence-electron chi connectivity index (χ4n) is 0.701. The maximum Gasteiger partial charge on any atom is 0.127 e. The summed E-state index contributed by atoms with van der Waals surface area (Å²) in [4.78, 5) is 0. The van der Waals surface area contributed by atoms with E-state index in [-0.39, 0.29) is 5.83 Å². The van der Waals surface area contributed by atoms with Gasteiger partial charge in [-0.3, -0.25) is 0 Å². The molecule has 1 nitrogen and oxygen atoms in total. The van der Waals surface area contributed by atoms with Gasteiger partial charge in [-0.1, -0.05) is 0 Å². The van der Waals surface area contributed by atoms with Crippen LogP contribution in [0.5, 0.6) is 0 Å². The van der Waals surface area contributed by atoms with E-state index in [1.165, 1.54) is 0 Å². The Morgan fingerprint density at radius 1 is 1.55 bits per heavy atom. The van der Waals surface area contributed by atoms with E-state index in [1.807, 2.05) is 0 Å². The molecule has 0 fully saturated rings. The van der Waals surface area contributed by atoms with E-state index < -0.39 is 6.10 Å². The molecule has 0 heterocycles. The predicted molar refractivity (Wildman–Crippen MR) is 45.6 cm³/mol. The standard InChI is InChI=1S/C8H14ClFO/c1-6(2)8(10)7(3)11-5-4-9/h7H,4-5H2,1-3H3. The molecular formula is C8H14ClFO. The third kappa shape index (κ3) is 4.38. The predicted octanol–water partition coefficient (Wildman–Crippen LogP) is 2.89. The van der Waals surface area contributed by atoms with Crippen molar-refractivity contribution >= 4 is 11.6 Å². The minimum absolute atomic E-state index is 0.199. The van der Waals surface area contributed by atoms with Crippen molar-refractivity contribution < 1.29 is 9.13 Å². The summed E-state index contributed by atoms with van der Waals surface area (Å²) in [5, 5.41) is 0. The highest BCUT2D eigenvalue weighted by molar-refractivity contribution is 6.17. The molecule has 0 N–H and O–H groups in total.